The van der Waals surface area contributed by atoms with Crippen molar-refractivity contribution in [1.82, 2.24) is 5.43 Å². The van der Waals surface area contributed by atoms with Crippen molar-refractivity contribution in [2.45, 2.75) is 26.4 Å². The zero-order chi connectivity index (χ0) is 25.9. The summed E-state index contributed by atoms with van der Waals surface area (Å²) in [5.41, 5.74) is 5.10. The first-order chi connectivity index (χ1) is 17.4. The van der Waals surface area contributed by atoms with E-state index < -0.39 is 10.8 Å². The molecule has 36 heavy (non-hydrogen) atoms. The van der Waals surface area contributed by atoms with E-state index in [9.17, 15) is 14.9 Å². The third-order valence-electron chi connectivity index (χ3n) is 5.06. The van der Waals surface area contributed by atoms with Crippen molar-refractivity contribution in [1.29, 1.82) is 0 Å². The van der Waals surface area contributed by atoms with Crippen LogP contribution in [-0.4, -0.2) is 23.7 Å². The number of rotatable bonds is 12. The lowest BCUT2D eigenvalue weighted by molar-refractivity contribution is -0.385. The summed E-state index contributed by atoms with van der Waals surface area (Å²) in [7, 11) is 0. The van der Waals surface area contributed by atoms with Gasteiger partial charge in [0.25, 0.3) is 5.69 Å². The van der Waals surface area contributed by atoms with Gasteiger partial charge in [-0.05, 0) is 48.7 Å². The highest BCUT2D eigenvalue weighted by Gasteiger charge is 2.16. The smallest absolute Gasteiger partial charge is 0.273 e. The molecule has 0 unspecified atom stereocenters. The molecule has 8 nitrogen and oxygen atoms in total. The van der Waals surface area contributed by atoms with Crippen molar-refractivity contribution in [2.24, 2.45) is 5.10 Å². The van der Waals surface area contributed by atoms with Crippen LogP contribution in [0.2, 0.25) is 5.02 Å². The number of amides is 1. The highest BCUT2D eigenvalue weighted by Crippen LogP contribution is 2.34. The molecule has 3 aromatic rings. The molecule has 3 aromatic carbocycles. The number of hydrazone groups is 1. The maximum atomic E-state index is 12.3. The molecule has 0 aliphatic heterocycles. The van der Waals surface area contributed by atoms with E-state index >= 15 is 0 Å². The number of halogens is 1. The predicted octanol–water partition coefficient (Wildman–Crippen LogP) is 5.65. The van der Waals surface area contributed by atoms with Gasteiger partial charge in [-0.15, -0.1) is 6.58 Å². The fourth-order valence-corrected chi connectivity index (χ4v) is 3.58. The van der Waals surface area contributed by atoms with Crippen molar-refractivity contribution in [3.8, 4) is 11.5 Å². The molecule has 1 N–H and O–H groups in total. The lowest BCUT2D eigenvalue weighted by atomic mass is 10.1. The van der Waals surface area contributed by atoms with Crippen LogP contribution >= 0.6 is 11.6 Å². The number of hydrogen-bond acceptors (Lipinski definition) is 6. The van der Waals surface area contributed by atoms with Gasteiger partial charge in [0, 0.05) is 22.2 Å². The molecule has 0 fully saturated rings. The van der Waals surface area contributed by atoms with Gasteiger partial charge < -0.3 is 9.47 Å². The molecule has 0 spiro atoms. The second-order valence-corrected chi connectivity index (χ2v) is 8.14. The molecule has 0 radical (unpaired) electrons. The molecule has 0 aliphatic rings. The largest absolute Gasteiger partial charge is 0.490 e. The lowest BCUT2D eigenvalue weighted by Crippen LogP contribution is -2.20. The molecule has 186 valence electrons. The maximum absolute atomic E-state index is 12.3. The summed E-state index contributed by atoms with van der Waals surface area (Å²) < 4.78 is 11.9. The molecule has 0 heterocycles. The second kappa shape index (κ2) is 13.1. The standard InChI is InChI=1S/C27H26ClN3O5/c1-3-7-22-14-20(17-29-30-26(32)16-21-8-5-6-9-24(21)31(33)34)15-25(35-4-2)27(22)36-18-19-10-12-23(28)13-11-19/h3,5-6,8-15,17H,1,4,7,16,18H2,2H3,(H,30,32)/b29-17+. The number of nitro groups is 1. The summed E-state index contributed by atoms with van der Waals surface area (Å²) in [6.45, 7) is 6.46. The Hall–Kier alpha value is -4.17. The summed E-state index contributed by atoms with van der Waals surface area (Å²) in [6.07, 6.45) is 3.60. The fourth-order valence-electron chi connectivity index (χ4n) is 3.46. The van der Waals surface area contributed by atoms with Gasteiger partial charge in [-0.25, -0.2) is 5.43 Å². The van der Waals surface area contributed by atoms with Crippen molar-refractivity contribution in [3.63, 3.8) is 0 Å². The van der Waals surface area contributed by atoms with Gasteiger partial charge in [0.15, 0.2) is 11.5 Å². The van der Waals surface area contributed by atoms with Crippen LogP contribution in [0, 0.1) is 10.1 Å². The first-order valence-electron chi connectivity index (χ1n) is 11.2. The molecule has 9 heteroatoms. The third kappa shape index (κ3) is 7.41. The molecule has 0 atom stereocenters. The molecular formula is C27H26ClN3O5. The summed E-state index contributed by atoms with van der Waals surface area (Å²) in [6, 6.07) is 17.1. The van der Waals surface area contributed by atoms with Crippen LogP contribution < -0.4 is 14.9 Å². The van der Waals surface area contributed by atoms with E-state index in [2.05, 4.69) is 17.1 Å². The van der Waals surface area contributed by atoms with Crippen LogP contribution in [0.25, 0.3) is 0 Å². The average molecular weight is 508 g/mol. The van der Waals surface area contributed by atoms with Gasteiger partial charge >= 0.3 is 0 Å². The van der Waals surface area contributed by atoms with Gasteiger partial charge in [-0.1, -0.05) is 48.0 Å². The Balaban J connectivity index is 1.75. The van der Waals surface area contributed by atoms with E-state index in [4.69, 9.17) is 21.1 Å². The lowest BCUT2D eigenvalue weighted by Gasteiger charge is -2.17. The number of nitro benzene ring substituents is 1. The fraction of sp³-hybridized carbons (Fsp3) is 0.185. The van der Waals surface area contributed by atoms with Crippen molar-refractivity contribution in [3.05, 3.63) is 111 Å². The predicted molar refractivity (Wildman–Crippen MR) is 140 cm³/mol. The van der Waals surface area contributed by atoms with Gasteiger partial charge in [-0.3, -0.25) is 14.9 Å². The minimum Gasteiger partial charge on any atom is -0.490 e. The van der Waals surface area contributed by atoms with Gasteiger partial charge in [0.05, 0.1) is 24.2 Å². The molecular weight excluding hydrogens is 482 g/mol. The quantitative estimate of drug-likeness (QED) is 0.148. The summed E-state index contributed by atoms with van der Waals surface area (Å²) in [5.74, 6) is 0.669. The topological polar surface area (TPSA) is 103 Å². The molecule has 0 bridgehead atoms. The van der Waals surface area contributed by atoms with Crippen LogP contribution in [0.5, 0.6) is 11.5 Å². The molecule has 0 aliphatic carbocycles. The van der Waals surface area contributed by atoms with E-state index in [1.165, 1.54) is 12.3 Å². The second-order valence-electron chi connectivity index (χ2n) is 7.70. The number of nitrogens with zero attached hydrogens (tertiary/aromatic N) is 2. The van der Waals surface area contributed by atoms with Gasteiger partial charge in [0.1, 0.15) is 6.61 Å². The molecule has 1 amide bonds. The number of hydrogen-bond donors (Lipinski definition) is 1. The van der Waals surface area contributed by atoms with E-state index in [0.717, 1.165) is 11.1 Å². The molecule has 0 saturated carbocycles. The summed E-state index contributed by atoms with van der Waals surface area (Å²) >= 11 is 5.96. The van der Waals surface area contributed by atoms with Crippen molar-refractivity contribution < 1.29 is 19.2 Å². The number of allylic oxidation sites excluding steroid dienone is 1. The highest BCUT2D eigenvalue weighted by molar-refractivity contribution is 6.30. The Morgan fingerprint density at radius 2 is 1.89 bits per heavy atom. The van der Waals surface area contributed by atoms with Gasteiger partial charge in [0.2, 0.25) is 5.91 Å². The zero-order valence-corrected chi connectivity index (χ0v) is 20.5. The Bertz CT molecular complexity index is 1260. The number of benzene rings is 3. The Morgan fingerprint density at radius 1 is 1.14 bits per heavy atom. The third-order valence-corrected chi connectivity index (χ3v) is 5.31. The van der Waals surface area contributed by atoms with Crippen molar-refractivity contribution >= 4 is 29.4 Å². The van der Waals surface area contributed by atoms with Crippen LogP contribution in [0.15, 0.2) is 78.4 Å². The number of carbonyl (C=O) groups excluding carboxylic acids is 1. The number of carbonyl (C=O) groups is 1. The Morgan fingerprint density at radius 3 is 2.58 bits per heavy atom. The monoisotopic (exact) mass is 507 g/mol. The molecule has 0 aromatic heterocycles. The van der Waals surface area contributed by atoms with Crippen molar-refractivity contribution in [2.75, 3.05) is 6.61 Å². The van der Waals surface area contributed by atoms with Gasteiger partial charge in [-0.2, -0.15) is 5.10 Å². The number of para-hydroxylation sites is 1. The molecule has 0 saturated heterocycles. The number of nitrogens with one attached hydrogen (secondary N) is 1. The number of ether oxygens (including phenoxy) is 2. The minimum absolute atomic E-state index is 0.110. The van der Waals surface area contributed by atoms with E-state index in [1.54, 1.807) is 42.5 Å². The normalized spacial score (nSPS) is 10.7. The van der Waals surface area contributed by atoms with Crippen LogP contribution in [0.1, 0.15) is 29.2 Å². The van der Waals surface area contributed by atoms with E-state index in [-0.39, 0.29) is 12.1 Å². The first-order valence-corrected chi connectivity index (χ1v) is 11.6. The van der Waals surface area contributed by atoms with E-state index in [1.807, 2.05) is 25.1 Å². The zero-order valence-electron chi connectivity index (χ0n) is 19.8. The first kappa shape index (κ1) is 26.4. The van der Waals surface area contributed by atoms with E-state index in [0.29, 0.717) is 47.3 Å². The highest BCUT2D eigenvalue weighted by atomic mass is 35.5. The van der Waals surface area contributed by atoms with Crippen LogP contribution in [0.4, 0.5) is 5.69 Å². The minimum atomic E-state index is -0.515. The molecule has 3 rings (SSSR count). The summed E-state index contributed by atoms with van der Waals surface area (Å²) in [4.78, 5) is 22.9. The SMILES string of the molecule is C=CCc1cc(/C=N/NC(=O)Cc2ccccc2[N+](=O)[O-])cc(OCC)c1OCc1ccc(Cl)cc1. The average Bonchev–Trinajstić information content (AvgIpc) is 2.85. The Labute approximate surface area is 214 Å². The summed E-state index contributed by atoms with van der Waals surface area (Å²) in [5, 5.41) is 15.8. The maximum Gasteiger partial charge on any atom is 0.273 e. The Kier molecular flexibility index (Phi) is 9.59. The van der Waals surface area contributed by atoms with Crippen LogP contribution in [-0.2, 0) is 24.2 Å². The van der Waals surface area contributed by atoms with Crippen LogP contribution in [0.3, 0.4) is 0 Å².